The van der Waals surface area contributed by atoms with Gasteiger partial charge in [0.05, 0.1) is 5.92 Å². The number of carboxylic acid groups (broad SMARTS) is 1. The third-order valence-electron chi connectivity index (χ3n) is 3.54. The topological polar surface area (TPSA) is 40.5 Å². The van der Waals surface area contributed by atoms with Gasteiger partial charge in [0.2, 0.25) is 0 Å². The number of nitrogens with zero attached hydrogens (tertiary/aromatic N) is 1. The van der Waals surface area contributed by atoms with E-state index >= 15 is 0 Å². The highest BCUT2D eigenvalue weighted by Gasteiger charge is 2.26. The Morgan fingerprint density at radius 2 is 2.47 bits per heavy atom. The monoisotopic (exact) mass is 253 g/mol. The summed E-state index contributed by atoms with van der Waals surface area (Å²) in [6, 6.07) is 2.61. The van der Waals surface area contributed by atoms with Crippen LogP contribution in [0.2, 0.25) is 0 Å². The van der Waals surface area contributed by atoms with E-state index in [0.717, 1.165) is 6.42 Å². The lowest BCUT2D eigenvalue weighted by atomic mass is 9.92. The molecule has 0 amide bonds. The molecule has 1 aliphatic rings. The minimum Gasteiger partial charge on any atom is -0.481 e. The Morgan fingerprint density at radius 3 is 3.18 bits per heavy atom. The van der Waals surface area contributed by atoms with E-state index in [1.54, 1.807) is 6.92 Å². The molecule has 17 heavy (non-hydrogen) atoms. The summed E-state index contributed by atoms with van der Waals surface area (Å²) in [5.41, 5.74) is 1.42. The van der Waals surface area contributed by atoms with Crippen LogP contribution in [-0.4, -0.2) is 29.6 Å². The summed E-state index contributed by atoms with van der Waals surface area (Å²) in [5, 5.41) is 11.1. The van der Waals surface area contributed by atoms with E-state index in [2.05, 4.69) is 16.3 Å². The number of thiophene rings is 1. The zero-order chi connectivity index (χ0) is 12.4. The fourth-order valence-electron chi connectivity index (χ4n) is 2.56. The van der Waals surface area contributed by atoms with Gasteiger partial charge in [0.15, 0.2) is 0 Å². The Balaban J connectivity index is 2.06. The van der Waals surface area contributed by atoms with Gasteiger partial charge in [0.1, 0.15) is 0 Å². The maximum Gasteiger partial charge on any atom is 0.307 e. The standard InChI is InChI=1S/C13H19NO2S/c1-9(13(15)16)8-14(2)11-4-3-5-12-10(11)6-7-17-12/h6-7,9,11H,3-5,8H2,1-2H3,(H,15,16). The largest absolute Gasteiger partial charge is 0.481 e. The first-order valence-corrected chi connectivity index (χ1v) is 6.97. The summed E-state index contributed by atoms with van der Waals surface area (Å²) in [6.07, 6.45) is 3.54. The molecule has 0 aliphatic heterocycles. The summed E-state index contributed by atoms with van der Waals surface area (Å²) in [7, 11) is 2.04. The molecule has 1 aromatic rings. The van der Waals surface area contributed by atoms with Crippen LogP contribution in [0.3, 0.4) is 0 Å². The SMILES string of the molecule is CC(CN(C)C1CCCc2sccc21)C(=O)O. The first-order valence-electron chi connectivity index (χ1n) is 6.09. The third kappa shape index (κ3) is 2.69. The molecule has 0 spiro atoms. The Kier molecular flexibility index (Phi) is 3.84. The Hall–Kier alpha value is -0.870. The van der Waals surface area contributed by atoms with Crippen molar-refractivity contribution in [1.29, 1.82) is 0 Å². The van der Waals surface area contributed by atoms with Crippen LogP contribution in [0.5, 0.6) is 0 Å². The summed E-state index contributed by atoms with van der Waals surface area (Å²) >= 11 is 1.83. The number of carboxylic acids is 1. The molecule has 1 heterocycles. The van der Waals surface area contributed by atoms with E-state index in [1.807, 2.05) is 18.4 Å². The molecule has 2 unspecified atom stereocenters. The van der Waals surface area contributed by atoms with Gasteiger partial charge in [0, 0.05) is 17.5 Å². The van der Waals surface area contributed by atoms with Gasteiger partial charge >= 0.3 is 5.97 Å². The number of carbonyl (C=O) groups is 1. The van der Waals surface area contributed by atoms with Crippen molar-refractivity contribution in [2.45, 2.75) is 32.2 Å². The van der Waals surface area contributed by atoms with Crippen molar-refractivity contribution in [3.05, 3.63) is 21.9 Å². The Labute approximate surface area is 106 Å². The van der Waals surface area contributed by atoms with E-state index in [4.69, 9.17) is 5.11 Å². The van der Waals surface area contributed by atoms with Crippen LogP contribution in [0.1, 0.15) is 36.2 Å². The van der Waals surface area contributed by atoms with Gasteiger partial charge in [-0.15, -0.1) is 11.3 Å². The molecule has 1 N–H and O–H groups in total. The zero-order valence-electron chi connectivity index (χ0n) is 10.3. The molecule has 0 aromatic carbocycles. The van der Waals surface area contributed by atoms with Crippen molar-refractivity contribution in [3.8, 4) is 0 Å². The second-order valence-electron chi connectivity index (χ2n) is 4.89. The number of fused-ring (bicyclic) bond motifs is 1. The van der Waals surface area contributed by atoms with Crippen molar-refractivity contribution in [2.24, 2.45) is 5.92 Å². The van der Waals surface area contributed by atoms with Crippen LogP contribution < -0.4 is 0 Å². The molecule has 2 rings (SSSR count). The number of rotatable bonds is 4. The predicted octanol–water partition coefficient (Wildman–Crippen LogP) is 2.78. The van der Waals surface area contributed by atoms with Crippen molar-refractivity contribution >= 4 is 17.3 Å². The highest BCUT2D eigenvalue weighted by Crippen LogP contribution is 2.36. The van der Waals surface area contributed by atoms with Crippen LogP contribution in [-0.2, 0) is 11.2 Å². The molecule has 0 fully saturated rings. The fraction of sp³-hybridized carbons (Fsp3) is 0.615. The molecule has 1 aliphatic carbocycles. The summed E-state index contributed by atoms with van der Waals surface area (Å²) in [5.74, 6) is -1.01. The second-order valence-corrected chi connectivity index (χ2v) is 5.89. The number of hydrogen-bond acceptors (Lipinski definition) is 3. The molecule has 0 bridgehead atoms. The quantitative estimate of drug-likeness (QED) is 0.897. The number of aliphatic carboxylic acids is 1. The van der Waals surface area contributed by atoms with Crippen LogP contribution in [0, 0.1) is 5.92 Å². The van der Waals surface area contributed by atoms with Gasteiger partial charge < -0.3 is 5.11 Å². The van der Waals surface area contributed by atoms with E-state index in [0.29, 0.717) is 12.6 Å². The first-order chi connectivity index (χ1) is 8.09. The smallest absolute Gasteiger partial charge is 0.307 e. The van der Waals surface area contributed by atoms with E-state index < -0.39 is 5.97 Å². The lowest BCUT2D eigenvalue weighted by Crippen LogP contribution is -2.33. The normalized spacial score (nSPS) is 21.2. The Bertz CT molecular complexity index is 402. The molecule has 1 aromatic heterocycles. The molecule has 0 saturated carbocycles. The highest BCUT2D eigenvalue weighted by molar-refractivity contribution is 7.10. The van der Waals surface area contributed by atoms with E-state index in [1.165, 1.54) is 23.3 Å². The lowest BCUT2D eigenvalue weighted by molar-refractivity contribution is -0.141. The molecule has 0 saturated heterocycles. The second kappa shape index (κ2) is 5.19. The average molecular weight is 253 g/mol. The van der Waals surface area contributed by atoms with Crippen molar-refractivity contribution in [3.63, 3.8) is 0 Å². The van der Waals surface area contributed by atoms with Crippen LogP contribution in [0.25, 0.3) is 0 Å². The third-order valence-corrected chi connectivity index (χ3v) is 4.53. The van der Waals surface area contributed by atoms with Crippen molar-refractivity contribution < 1.29 is 9.90 Å². The van der Waals surface area contributed by atoms with Crippen LogP contribution in [0.4, 0.5) is 0 Å². The Morgan fingerprint density at radius 1 is 1.71 bits per heavy atom. The summed E-state index contributed by atoms with van der Waals surface area (Å²) < 4.78 is 0. The predicted molar refractivity (Wildman–Crippen MR) is 69.4 cm³/mol. The number of hydrogen-bond donors (Lipinski definition) is 1. The van der Waals surface area contributed by atoms with E-state index in [-0.39, 0.29) is 5.92 Å². The van der Waals surface area contributed by atoms with Gasteiger partial charge in [-0.25, -0.2) is 0 Å². The van der Waals surface area contributed by atoms with Crippen molar-refractivity contribution in [1.82, 2.24) is 4.90 Å². The first kappa shape index (κ1) is 12.6. The minimum absolute atomic E-state index is 0.302. The zero-order valence-corrected chi connectivity index (χ0v) is 11.2. The molecular formula is C13H19NO2S. The van der Waals surface area contributed by atoms with E-state index in [9.17, 15) is 4.79 Å². The molecule has 4 heteroatoms. The van der Waals surface area contributed by atoms with Gasteiger partial charge in [0.25, 0.3) is 0 Å². The molecule has 94 valence electrons. The van der Waals surface area contributed by atoms with Gasteiger partial charge in [-0.2, -0.15) is 0 Å². The molecular weight excluding hydrogens is 234 g/mol. The maximum absolute atomic E-state index is 10.9. The minimum atomic E-state index is -0.710. The van der Waals surface area contributed by atoms with Gasteiger partial charge in [-0.05, 0) is 43.3 Å². The molecule has 0 radical (unpaired) electrons. The average Bonchev–Trinajstić information content (AvgIpc) is 2.76. The molecule has 2 atom stereocenters. The van der Waals surface area contributed by atoms with Crippen LogP contribution >= 0.6 is 11.3 Å². The van der Waals surface area contributed by atoms with Gasteiger partial charge in [-0.3, -0.25) is 9.69 Å². The lowest BCUT2D eigenvalue weighted by Gasteiger charge is -2.32. The molecule has 3 nitrogen and oxygen atoms in total. The highest BCUT2D eigenvalue weighted by atomic mass is 32.1. The summed E-state index contributed by atoms with van der Waals surface area (Å²) in [4.78, 5) is 14.6. The van der Waals surface area contributed by atoms with Crippen LogP contribution in [0.15, 0.2) is 11.4 Å². The fourth-order valence-corrected chi connectivity index (χ4v) is 3.54. The van der Waals surface area contributed by atoms with Gasteiger partial charge in [-0.1, -0.05) is 6.92 Å². The summed E-state index contributed by atoms with van der Waals surface area (Å²) in [6.45, 7) is 2.39. The maximum atomic E-state index is 10.9. The van der Waals surface area contributed by atoms with Crippen molar-refractivity contribution in [2.75, 3.05) is 13.6 Å². The number of aryl methyl sites for hydroxylation is 1.